The highest BCUT2D eigenvalue weighted by Gasteiger charge is 2.02. The summed E-state index contributed by atoms with van der Waals surface area (Å²) >= 11 is 0. The number of hydrogen-bond donors (Lipinski definition) is 2. The first-order valence-corrected chi connectivity index (χ1v) is 4.34. The molecule has 0 amide bonds. The quantitative estimate of drug-likeness (QED) is 0.739. The fourth-order valence-electron chi connectivity index (χ4n) is 1.41. The maximum atomic E-state index is 12.9. The largest absolute Gasteiger partial charge is 0.478 e. The van der Waals surface area contributed by atoms with Crippen molar-refractivity contribution in [2.45, 2.75) is 0 Å². The van der Waals surface area contributed by atoms with E-state index < -0.39 is 5.97 Å². The molecule has 2 rings (SSSR count). The molecule has 0 saturated carbocycles. The number of aromatic amines is 1. The third-order valence-corrected chi connectivity index (χ3v) is 2.08. The van der Waals surface area contributed by atoms with Crippen LogP contribution in [0.15, 0.2) is 30.5 Å². The molecule has 76 valence electrons. The van der Waals surface area contributed by atoms with Crippen LogP contribution in [-0.2, 0) is 4.79 Å². The Morgan fingerprint density at radius 1 is 1.47 bits per heavy atom. The minimum Gasteiger partial charge on any atom is -0.478 e. The van der Waals surface area contributed by atoms with Gasteiger partial charge in [0, 0.05) is 28.7 Å². The molecule has 1 aromatic heterocycles. The minimum absolute atomic E-state index is 0.341. The van der Waals surface area contributed by atoms with E-state index in [1.165, 1.54) is 18.2 Å². The van der Waals surface area contributed by atoms with E-state index in [0.29, 0.717) is 10.9 Å². The van der Waals surface area contributed by atoms with Crippen molar-refractivity contribution in [3.63, 3.8) is 0 Å². The molecule has 0 aliphatic rings. The second-order valence-electron chi connectivity index (χ2n) is 3.11. The van der Waals surface area contributed by atoms with Crippen molar-refractivity contribution in [1.82, 2.24) is 4.98 Å². The zero-order valence-electron chi connectivity index (χ0n) is 7.70. The normalized spacial score (nSPS) is 11.3. The van der Waals surface area contributed by atoms with Crippen molar-refractivity contribution in [2.24, 2.45) is 0 Å². The molecule has 4 heteroatoms. The fraction of sp³-hybridized carbons (Fsp3) is 0. The number of aliphatic carboxylic acids is 1. The van der Waals surface area contributed by atoms with Crippen LogP contribution >= 0.6 is 0 Å². The summed E-state index contributed by atoms with van der Waals surface area (Å²) < 4.78 is 12.9. The summed E-state index contributed by atoms with van der Waals surface area (Å²) in [6.45, 7) is 0. The van der Waals surface area contributed by atoms with Gasteiger partial charge in [0.05, 0.1) is 0 Å². The SMILES string of the molecule is O=C(O)/C=C/c1c[nH]c2ccc(F)cc12. The van der Waals surface area contributed by atoms with E-state index in [2.05, 4.69) is 4.98 Å². The first-order valence-electron chi connectivity index (χ1n) is 4.34. The standard InChI is InChI=1S/C11H8FNO2/c12-8-2-3-10-9(5-8)7(6-13-10)1-4-11(14)15/h1-6,13H,(H,14,15)/b4-1+. The number of hydrogen-bond acceptors (Lipinski definition) is 1. The summed E-state index contributed by atoms with van der Waals surface area (Å²) in [6.07, 6.45) is 4.09. The third kappa shape index (κ3) is 1.88. The molecule has 0 spiro atoms. The first-order chi connectivity index (χ1) is 7.16. The average Bonchev–Trinajstić information content (AvgIpc) is 2.57. The number of benzene rings is 1. The van der Waals surface area contributed by atoms with E-state index in [1.807, 2.05) is 0 Å². The highest BCUT2D eigenvalue weighted by Crippen LogP contribution is 2.20. The highest BCUT2D eigenvalue weighted by molar-refractivity contribution is 5.93. The number of carbonyl (C=O) groups is 1. The topological polar surface area (TPSA) is 53.1 Å². The van der Waals surface area contributed by atoms with Crippen LogP contribution in [0.1, 0.15) is 5.56 Å². The van der Waals surface area contributed by atoms with Crippen LogP contribution in [0.5, 0.6) is 0 Å². The van der Waals surface area contributed by atoms with Gasteiger partial charge in [-0.2, -0.15) is 0 Å². The van der Waals surface area contributed by atoms with E-state index in [4.69, 9.17) is 5.11 Å². The van der Waals surface area contributed by atoms with Crippen molar-refractivity contribution >= 4 is 22.9 Å². The smallest absolute Gasteiger partial charge is 0.328 e. The average molecular weight is 205 g/mol. The Hall–Kier alpha value is -2.10. The summed E-state index contributed by atoms with van der Waals surface area (Å²) in [5, 5.41) is 9.14. The number of carboxylic acids is 1. The Kier molecular flexibility index (Phi) is 2.25. The lowest BCUT2D eigenvalue weighted by Crippen LogP contribution is -1.85. The summed E-state index contributed by atoms with van der Waals surface area (Å²) in [5.41, 5.74) is 1.44. The second-order valence-corrected chi connectivity index (χ2v) is 3.11. The molecule has 2 N–H and O–H groups in total. The van der Waals surface area contributed by atoms with Crippen LogP contribution in [0.3, 0.4) is 0 Å². The van der Waals surface area contributed by atoms with Crippen molar-refractivity contribution in [3.8, 4) is 0 Å². The predicted octanol–water partition coefficient (Wildman–Crippen LogP) is 2.40. The van der Waals surface area contributed by atoms with Gasteiger partial charge in [0.25, 0.3) is 0 Å². The Bertz CT molecular complexity index is 543. The van der Waals surface area contributed by atoms with Gasteiger partial charge >= 0.3 is 5.97 Å². The Balaban J connectivity index is 2.52. The van der Waals surface area contributed by atoms with Gasteiger partial charge in [-0.05, 0) is 24.3 Å². The van der Waals surface area contributed by atoms with Gasteiger partial charge in [-0.1, -0.05) is 0 Å². The van der Waals surface area contributed by atoms with Gasteiger partial charge in [-0.25, -0.2) is 9.18 Å². The molecule has 3 nitrogen and oxygen atoms in total. The number of fused-ring (bicyclic) bond motifs is 1. The predicted molar refractivity (Wildman–Crippen MR) is 54.9 cm³/mol. The Morgan fingerprint density at radius 3 is 3.00 bits per heavy atom. The van der Waals surface area contributed by atoms with Crippen molar-refractivity contribution in [3.05, 3.63) is 41.9 Å². The molecule has 0 aliphatic carbocycles. The molecule has 0 aliphatic heterocycles. The third-order valence-electron chi connectivity index (χ3n) is 2.08. The van der Waals surface area contributed by atoms with Crippen molar-refractivity contribution in [2.75, 3.05) is 0 Å². The summed E-state index contributed by atoms with van der Waals surface area (Å²) in [5.74, 6) is -1.37. The molecule has 0 unspecified atom stereocenters. The zero-order chi connectivity index (χ0) is 10.8. The number of carboxylic acid groups (broad SMARTS) is 1. The van der Waals surface area contributed by atoms with Crippen LogP contribution in [-0.4, -0.2) is 16.1 Å². The molecule has 0 bridgehead atoms. The summed E-state index contributed by atoms with van der Waals surface area (Å²) in [7, 11) is 0. The maximum absolute atomic E-state index is 12.9. The molecule has 1 aromatic carbocycles. The second kappa shape index (κ2) is 3.57. The molecule has 15 heavy (non-hydrogen) atoms. The number of aromatic nitrogens is 1. The molecule has 2 aromatic rings. The lowest BCUT2D eigenvalue weighted by atomic mass is 10.1. The number of rotatable bonds is 2. The van der Waals surface area contributed by atoms with Gasteiger partial charge in [-0.15, -0.1) is 0 Å². The van der Waals surface area contributed by atoms with E-state index in [0.717, 1.165) is 11.6 Å². The molecular weight excluding hydrogens is 197 g/mol. The van der Waals surface area contributed by atoms with Crippen molar-refractivity contribution in [1.29, 1.82) is 0 Å². The minimum atomic E-state index is -1.03. The maximum Gasteiger partial charge on any atom is 0.328 e. The lowest BCUT2D eigenvalue weighted by molar-refractivity contribution is -0.131. The summed E-state index contributed by atoms with van der Waals surface area (Å²) in [6, 6.07) is 4.33. The van der Waals surface area contributed by atoms with Crippen molar-refractivity contribution < 1.29 is 14.3 Å². The lowest BCUT2D eigenvalue weighted by Gasteiger charge is -1.91. The van der Waals surface area contributed by atoms with Gasteiger partial charge < -0.3 is 10.1 Å². The summed E-state index contributed by atoms with van der Waals surface area (Å²) in [4.78, 5) is 13.3. The zero-order valence-corrected chi connectivity index (χ0v) is 7.70. The number of H-pyrrole nitrogens is 1. The van der Waals surface area contributed by atoms with E-state index in [-0.39, 0.29) is 5.82 Å². The van der Waals surface area contributed by atoms with E-state index in [1.54, 1.807) is 12.3 Å². The first kappa shape index (κ1) is 9.45. The fourth-order valence-corrected chi connectivity index (χ4v) is 1.41. The molecule has 0 fully saturated rings. The van der Waals surface area contributed by atoms with Crippen LogP contribution in [0.4, 0.5) is 4.39 Å². The van der Waals surface area contributed by atoms with Gasteiger partial charge in [0.1, 0.15) is 5.82 Å². The van der Waals surface area contributed by atoms with E-state index >= 15 is 0 Å². The highest BCUT2D eigenvalue weighted by atomic mass is 19.1. The Labute approximate surface area is 84.8 Å². The van der Waals surface area contributed by atoms with Gasteiger partial charge in [0.2, 0.25) is 0 Å². The molecule has 0 atom stereocenters. The van der Waals surface area contributed by atoms with Gasteiger partial charge in [-0.3, -0.25) is 0 Å². The van der Waals surface area contributed by atoms with Gasteiger partial charge in [0.15, 0.2) is 0 Å². The van der Waals surface area contributed by atoms with Crippen LogP contribution in [0.25, 0.3) is 17.0 Å². The molecule has 0 radical (unpaired) electrons. The Morgan fingerprint density at radius 2 is 2.27 bits per heavy atom. The molecule has 1 heterocycles. The van der Waals surface area contributed by atoms with Crippen LogP contribution in [0, 0.1) is 5.82 Å². The molecule has 0 saturated heterocycles. The van der Waals surface area contributed by atoms with Crippen LogP contribution < -0.4 is 0 Å². The molecular formula is C11H8FNO2. The van der Waals surface area contributed by atoms with Crippen LogP contribution in [0.2, 0.25) is 0 Å². The number of halogens is 1. The number of nitrogens with one attached hydrogen (secondary N) is 1. The van der Waals surface area contributed by atoms with E-state index in [9.17, 15) is 9.18 Å². The monoisotopic (exact) mass is 205 g/mol.